The molecule has 0 radical (unpaired) electrons. The molecule has 2 aromatic heterocycles. The summed E-state index contributed by atoms with van der Waals surface area (Å²) in [4.78, 5) is 8.07. The van der Waals surface area contributed by atoms with Crippen molar-refractivity contribution in [2.45, 2.75) is 32.7 Å². The maximum absolute atomic E-state index is 9.86. The van der Waals surface area contributed by atoms with Crippen LogP contribution in [0.2, 0.25) is 0 Å². The lowest BCUT2D eigenvalue weighted by atomic mass is 10.1. The molecule has 88 valence electrons. The molecule has 5 heteroatoms. The highest BCUT2D eigenvalue weighted by atomic mass is 16.3. The van der Waals surface area contributed by atoms with Crippen molar-refractivity contribution in [3.63, 3.8) is 0 Å². The van der Waals surface area contributed by atoms with Crippen LogP contribution in [0.4, 0.5) is 0 Å². The summed E-state index contributed by atoms with van der Waals surface area (Å²) in [6, 6.07) is 3.91. The van der Waals surface area contributed by atoms with Crippen LogP contribution in [0.1, 0.15) is 38.3 Å². The zero-order valence-corrected chi connectivity index (χ0v) is 9.88. The molecular formula is C12H14N4O. The Balaban J connectivity index is 2.68. The molecule has 0 spiro atoms. The van der Waals surface area contributed by atoms with Crippen molar-refractivity contribution in [1.82, 2.24) is 14.5 Å². The zero-order valence-electron chi connectivity index (χ0n) is 9.88. The van der Waals surface area contributed by atoms with Crippen molar-refractivity contribution in [2.75, 3.05) is 0 Å². The first kappa shape index (κ1) is 11.4. The number of imidazole rings is 1. The minimum atomic E-state index is -0.0312. The summed E-state index contributed by atoms with van der Waals surface area (Å²) in [6.45, 7) is 4.11. The highest BCUT2D eigenvalue weighted by molar-refractivity contribution is 5.74. The third-order valence-corrected chi connectivity index (χ3v) is 2.96. The Hall–Kier alpha value is -2.09. The van der Waals surface area contributed by atoms with Crippen LogP contribution in [0.5, 0.6) is 6.01 Å². The molecule has 1 N–H and O–H groups in total. The van der Waals surface area contributed by atoms with Crippen molar-refractivity contribution >= 4 is 11.2 Å². The average Bonchev–Trinajstić information content (AvgIpc) is 2.67. The van der Waals surface area contributed by atoms with Gasteiger partial charge < -0.3 is 5.11 Å². The van der Waals surface area contributed by atoms with Gasteiger partial charge in [-0.25, -0.2) is 4.98 Å². The van der Waals surface area contributed by atoms with E-state index in [1.54, 1.807) is 10.6 Å². The Morgan fingerprint density at radius 2 is 2.18 bits per heavy atom. The Kier molecular flexibility index (Phi) is 2.96. The van der Waals surface area contributed by atoms with Gasteiger partial charge in [0.25, 0.3) is 6.01 Å². The van der Waals surface area contributed by atoms with Gasteiger partial charge in [0.05, 0.1) is 11.1 Å². The summed E-state index contributed by atoms with van der Waals surface area (Å²) in [7, 11) is 0. The smallest absolute Gasteiger partial charge is 0.296 e. The standard InChI is InChI=1S/C12H14N4O/c1-3-9(4-2)16-10-5-8(6-13)7-14-11(10)15-12(16)17/h5,7,9H,3-4H2,1-2H3,(H,14,15,17). The molecule has 0 aromatic carbocycles. The molecule has 0 fully saturated rings. The van der Waals surface area contributed by atoms with E-state index in [0.29, 0.717) is 11.2 Å². The Morgan fingerprint density at radius 3 is 2.76 bits per heavy atom. The van der Waals surface area contributed by atoms with Crippen molar-refractivity contribution < 1.29 is 5.11 Å². The van der Waals surface area contributed by atoms with Gasteiger partial charge in [0.2, 0.25) is 0 Å². The average molecular weight is 230 g/mol. The Bertz CT molecular complexity index is 578. The lowest BCUT2D eigenvalue weighted by molar-refractivity contribution is 0.361. The van der Waals surface area contributed by atoms with Gasteiger partial charge in [-0.2, -0.15) is 10.2 Å². The number of aromatic nitrogens is 3. The first-order valence-electron chi connectivity index (χ1n) is 5.68. The van der Waals surface area contributed by atoms with Gasteiger partial charge in [-0.3, -0.25) is 4.57 Å². The SMILES string of the molecule is CCC(CC)n1c(O)nc2ncc(C#N)cc21. The van der Waals surface area contributed by atoms with Gasteiger partial charge in [0, 0.05) is 12.2 Å². The van der Waals surface area contributed by atoms with Crippen molar-refractivity contribution in [3.05, 3.63) is 17.8 Å². The minimum absolute atomic E-state index is 0.0312. The molecule has 0 aliphatic rings. The van der Waals surface area contributed by atoms with Gasteiger partial charge in [0.1, 0.15) is 6.07 Å². The third-order valence-electron chi connectivity index (χ3n) is 2.96. The molecule has 0 aliphatic heterocycles. The summed E-state index contributed by atoms with van der Waals surface area (Å²) in [5, 5.41) is 18.7. The molecule has 0 saturated carbocycles. The summed E-state index contributed by atoms with van der Waals surface area (Å²) < 4.78 is 1.75. The highest BCUT2D eigenvalue weighted by Crippen LogP contribution is 2.28. The van der Waals surface area contributed by atoms with Crippen LogP contribution in [0.15, 0.2) is 12.3 Å². The second kappa shape index (κ2) is 4.42. The van der Waals surface area contributed by atoms with E-state index in [1.165, 1.54) is 6.20 Å². The lowest BCUT2D eigenvalue weighted by Gasteiger charge is -2.15. The summed E-state index contributed by atoms with van der Waals surface area (Å²) in [5.41, 5.74) is 1.67. The molecule has 2 aromatic rings. The molecular weight excluding hydrogens is 216 g/mol. The summed E-state index contributed by atoms with van der Waals surface area (Å²) in [5.74, 6) is 0. The van der Waals surface area contributed by atoms with Gasteiger partial charge in [-0.1, -0.05) is 13.8 Å². The van der Waals surface area contributed by atoms with Gasteiger partial charge in [-0.05, 0) is 18.9 Å². The molecule has 17 heavy (non-hydrogen) atoms. The number of rotatable bonds is 3. The Morgan fingerprint density at radius 1 is 1.47 bits per heavy atom. The fourth-order valence-corrected chi connectivity index (χ4v) is 2.04. The van der Waals surface area contributed by atoms with E-state index in [9.17, 15) is 5.11 Å². The van der Waals surface area contributed by atoms with Gasteiger partial charge >= 0.3 is 0 Å². The van der Waals surface area contributed by atoms with Crippen LogP contribution in [0.3, 0.4) is 0 Å². The quantitative estimate of drug-likeness (QED) is 0.878. The topological polar surface area (TPSA) is 74.7 Å². The first-order chi connectivity index (χ1) is 8.21. The van der Waals surface area contributed by atoms with Gasteiger partial charge in [-0.15, -0.1) is 0 Å². The maximum Gasteiger partial charge on any atom is 0.296 e. The van der Waals surface area contributed by atoms with Crippen LogP contribution in [0.25, 0.3) is 11.2 Å². The number of hydrogen-bond donors (Lipinski definition) is 1. The number of nitrogens with zero attached hydrogens (tertiary/aromatic N) is 4. The van der Waals surface area contributed by atoms with Crippen molar-refractivity contribution in [3.8, 4) is 12.1 Å². The van der Waals surface area contributed by atoms with E-state index in [2.05, 4.69) is 23.8 Å². The zero-order chi connectivity index (χ0) is 12.4. The third kappa shape index (κ3) is 1.82. The number of aromatic hydroxyl groups is 1. The fourth-order valence-electron chi connectivity index (χ4n) is 2.04. The van der Waals surface area contributed by atoms with Gasteiger partial charge in [0.15, 0.2) is 5.65 Å². The molecule has 0 unspecified atom stereocenters. The van der Waals surface area contributed by atoms with Crippen molar-refractivity contribution in [2.24, 2.45) is 0 Å². The fraction of sp³-hybridized carbons (Fsp3) is 0.417. The molecule has 0 atom stereocenters. The second-order valence-corrected chi connectivity index (χ2v) is 3.93. The molecule has 5 nitrogen and oxygen atoms in total. The van der Waals surface area contributed by atoms with Crippen LogP contribution in [-0.4, -0.2) is 19.6 Å². The van der Waals surface area contributed by atoms with E-state index in [1.807, 2.05) is 6.07 Å². The molecule has 0 saturated heterocycles. The van der Waals surface area contributed by atoms with Crippen LogP contribution < -0.4 is 0 Å². The van der Waals surface area contributed by atoms with Crippen LogP contribution >= 0.6 is 0 Å². The lowest BCUT2D eigenvalue weighted by Crippen LogP contribution is -2.06. The van der Waals surface area contributed by atoms with E-state index >= 15 is 0 Å². The second-order valence-electron chi connectivity index (χ2n) is 3.93. The Labute approximate surface area is 99.3 Å². The number of nitriles is 1. The molecule has 0 amide bonds. The minimum Gasteiger partial charge on any atom is -0.480 e. The number of hydrogen-bond acceptors (Lipinski definition) is 4. The predicted molar refractivity (Wildman–Crippen MR) is 63.5 cm³/mol. The monoisotopic (exact) mass is 230 g/mol. The molecule has 0 bridgehead atoms. The van der Waals surface area contributed by atoms with E-state index in [-0.39, 0.29) is 12.1 Å². The summed E-state index contributed by atoms with van der Waals surface area (Å²) >= 11 is 0. The molecule has 2 heterocycles. The van der Waals surface area contributed by atoms with Crippen LogP contribution in [-0.2, 0) is 0 Å². The predicted octanol–water partition coefficient (Wildman–Crippen LogP) is 2.37. The first-order valence-corrected chi connectivity index (χ1v) is 5.68. The number of pyridine rings is 1. The molecule has 0 aliphatic carbocycles. The van der Waals surface area contributed by atoms with E-state index in [0.717, 1.165) is 18.4 Å². The van der Waals surface area contributed by atoms with E-state index in [4.69, 9.17) is 5.26 Å². The summed E-state index contributed by atoms with van der Waals surface area (Å²) in [6.07, 6.45) is 3.25. The molecule has 2 rings (SSSR count). The van der Waals surface area contributed by atoms with Crippen LogP contribution in [0, 0.1) is 11.3 Å². The van der Waals surface area contributed by atoms with E-state index < -0.39 is 0 Å². The highest BCUT2D eigenvalue weighted by Gasteiger charge is 2.17. The van der Waals surface area contributed by atoms with Crippen molar-refractivity contribution in [1.29, 1.82) is 5.26 Å². The normalized spacial score (nSPS) is 10.9. The maximum atomic E-state index is 9.86. The largest absolute Gasteiger partial charge is 0.480 e. The number of fused-ring (bicyclic) bond motifs is 1.